The van der Waals surface area contributed by atoms with Gasteiger partial charge in [0.1, 0.15) is 5.82 Å². The van der Waals surface area contributed by atoms with Crippen molar-refractivity contribution >= 4 is 5.82 Å². The number of nitrogens with one attached hydrogen (secondary N) is 2. The van der Waals surface area contributed by atoms with Crippen LogP contribution in [-0.2, 0) is 4.74 Å². The Bertz CT molecular complexity index is 347. The van der Waals surface area contributed by atoms with Crippen LogP contribution in [0.15, 0.2) is 18.6 Å². The van der Waals surface area contributed by atoms with Crippen molar-refractivity contribution in [2.75, 3.05) is 25.5 Å². The maximum atomic E-state index is 5.45. The molecule has 1 aromatic heterocycles. The Morgan fingerprint density at radius 3 is 2.95 bits per heavy atom. The molecule has 2 rings (SSSR count). The highest BCUT2D eigenvalue weighted by atomic mass is 16.5. The van der Waals surface area contributed by atoms with Crippen LogP contribution in [0.5, 0.6) is 0 Å². The van der Waals surface area contributed by atoms with Crippen LogP contribution in [0.3, 0.4) is 0 Å². The Hall–Kier alpha value is -1.20. The second kappa shape index (κ2) is 8.07. The van der Waals surface area contributed by atoms with Gasteiger partial charge < -0.3 is 15.4 Å². The molecule has 0 radical (unpaired) electrons. The highest BCUT2D eigenvalue weighted by molar-refractivity contribution is 5.29. The van der Waals surface area contributed by atoms with Crippen molar-refractivity contribution in [3.8, 4) is 0 Å². The van der Waals surface area contributed by atoms with Gasteiger partial charge in [0.05, 0.1) is 12.3 Å². The largest absolute Gasteiger partial charge is 0.381 e. The molecule has 0 saturated heterocycles. The minimum absolute atomic E-state index is 0.463. The van der Waals surface area contributed by atoms with E-state index >= 15 is 0 Å². The van der Waals surface area contributed by atoms with E-state index in [-0.39, 0.29) is 0 Å². The standard InChI is InChI=1S/C14H24N4O/c1-19-13-4-2-3-12(5-6-13)16-9-10-18-14-11-15-7-8-17-14/h7-8,11-13,16H,2-6,9-10H2,1H3,(H,17,18). The lowest BCUT2D eigenvalue weighted by Gasteiger charge is -2.16. The van der Waals surface area contributed by atoms with Crippen LogP contribution in [0.4, 0.5) is 5.82 Å². The van der Waals surface area contributed by atoms with E-state index in [1.165, 1.54) is 32.1 Å². The summed E-state index contributed by atoms with van der Waals surface area (Å²) in [6.07, 6.45) is 11.7. The van der Waals surface area contributed by atoms with Crippen LogP contribution >= 0.6 is 0 Å². The van der Waals surface area contributed by atoms with Crippen molar-refractivity contribution in [2.24, 2.45) is 0 Å². The van der Waals surface area contributed by atoms with Crippen LogP contribution in [0.2, 0.25) is 0 Å². The lowest BCUT2D eigenvalue weighted by Crippen LogP contribution is -2.32. The predicted molar refractivity (Wildman–Crippen MR) is 76.2 cm³/mol. The third-order valence-electron chi connectivity index (χ3n) is 3.68. The van der Waals surface area contributed by atoms with Crippen LogP contribution in [-0.4, -0.2) is 42.3 Å². The van der Waals surface area contributed by atoms with E-state index in [4.69, 9.17) is 4.74 Å². The van der Waals surface area contributed by atoms with Crippen molar-refractivity contribution in [3.63, 3.8) is 0 Å². The molecule has 1 aromatic rings. The zero-order valence-corrected chi connectivity index (χ0v) is 11.6. The molecule has 106 valence electrons. The van der Waals surface area contributed by atoms with Crippen LogP contribution in [0, 0.1) is 0 Å². The molecule has 5 heteroatoms. The Labute approximate surface area is 115 Å². The van der Waals surface area contributed by atoms with Gasteiger partial charge >= 0.3 is 0 Å². The first kappa shape index (κ1) is 14.2. The molecule has 5 nitrogen and oxygen atoms in total. The molecule has 1 aliphatic rings. The second-order valence-electron chi connectivity index (χ2n) is 5.03. The summed E-state index contributed by atoms with van der Waals surface area (Å²) in [6.45, 7) is 1.84. The molecule has 0 amide bonds. The van der Waals surface area contributed by atoms with Crippen LogP contribution in [0.1, 0.15) is 32.1 Å². The number of nitrogens with zero attached hydrogens (tertiary/aromatic N) is 2. The topological polar surface area (TPSA) is 59.1 Å². The number of rotatable bonds is 6. The monoisotopic (exact) mass is 264 g/mol. The molecular weight excluding hydrogens is 240 g/mol. The van der Waals surface area contributed by atoms with Gasteiger partial charge in [-0.3, -0.25) is 4.98 Å². The smallest absolute Gasteiger partial charge is 0.144 e. The summed E-state index contributed by atoms with van der Waals surface area (Å²) >= 11 is 0. The van der Waals surface area contributed by atoms with Gasteiger partial charge in [-0.15, -0.1) is 0 Å². The lowest BCUT2D eigenvalue weighted by molar-refractivity contribution is 0.0895. The molecule has 1 saturated carbocycles. The SMILES string of the molecule is COC1CCCC(NCCNc2cnccn2)CC1. The summed E-state index contributed by atoms with van der Waals surface area (Å²) in [4.78, 5) is 8.21. The Balaban J connectivity index is 1.60. The lowest BCUT2D eigenvalue weighted by atomic mass is 10.1. The fourth-order valence-corrected chi connectivity index (χ4v) is 2.56. The highest BCUT2D eigenvalue weighted by Crippen LogP contribution is 2.19. The molecule has 1 heterocycles. The zero-order chi connectivity index (χ0) is 13.3. The first-order valence-electron chi connectivity index (χ1n) is 7.14. The van der Waals surface area contributed by atoms with Gasteiger partial charge in [0.15, 0.2) is 0 Å². The maximum Gasteiger partial charge on any atom is 0.144 e. The van der Waals surface area contributed by atoms with Gasteiger partial charge in [-0.25, -0.2) is 4.98 Å². The molecule has 2 atom stereocenters. The summed E-state index contributed by atoms with van der Waals surface area (Å²) in [7, 11) is 1.82. The Morgan fingerprint density at radius 1 is 1.21 bits per heavy atom. The minimum Gasteiger partial charge on any atom is -0.381 e. The molecule has 1 fully saturated rings. The minimum atomic E-state index is 0.463. The number of anilines is 1. The van der Waals surface area contributed by atoms with Crippen molar-refractivity contribution in [1.29, 1.82) is 0 Å². The van der Waals surface area contributed by atoms with E-state index < -0.39 is 0 Å². The molecular formula is C14H24N4O. The summed E-state index contributed by atoms with van der Waals surface area (Å²) in [5, 5.41) is 6.87. The Kier molecular flexibility index (Phi) is 6.04. The Morgan fingerprint density at radius 2 is 2.16 bits per heavy atom. The number of methoxy groups -OCH3 is 1. The highest BCUT2D eigenvalue weighted by Gasteiger charge is 2.17. The van der Waals surface area contributed by atoms with E-state index in [0.29, 0.717) is 12.1 Å². The third-order valence-corrected chi connectivity index (χ3v) is 3.68. The fraction of sp³-hybridized carbons (Fsp3) is 0.714. The van der Waals surface area contributed by atoms with Crippen LogP contribution in [0.25, 0.3) is 0 Å². The van der Waals surface area contributed by atoms with E-state index in [2.05, 4.69) is 20.6 Å². The molecule has 0 bridgehead atoms. The fourth-order valence-electron chi connectivity index (χ4n) is 2.56. The first-order valence-corrected chi connectivity index (χ1v) is 7.14. The molecule has 2 unspecified atom stereocenters. The average molecular weight is 264 g/mol. The molecule has 0 aliphatic heterocycles. The maximum absolute atomic E-state index is 5.45. The summed E-state index contributed by atoms with van der Waals surface area (Å²) < 4.78 is 5.45. The first-order chi connectivity index (χ1) is 9.38. The van der Waals surface area contributed by atoms with Gasteiger partial charge in [0.25, 0.3) is 0 Å². The van der Waals surface area contributed by atoms with E-state index in [1.807, 2.05) is 7.11 Å². The molecule has 19 heavy (non-hydrogen) atoms. The molecule has 0 aromatic carbocycles. The van der Waals surface area contributed by atoms with Crippen molar-refractivity contribution in [1.82, 2.24) is 15.3 Å². The number of ether oxygens (including phenoxy) is 1. The van der Waals surface area contributed by atoms with Crippen LogP contribution < -0.4 is 10.6 Å². The van der Waals surface area contributed by atoms with Gasteiger partial charge in [0.2, 0.25) is 0 Å². The van der Waals surface area contributed by atoms with E-state index in [0.717, 1.165) is 18.9 Å². The average Bonchev–Trinajstić information content (AvgIpc) is 2.70. The third kappa shape index (κ3) is 5.12. The van der Waals surface area contributed by atoms with E-state index in [1.54, 1.807) is 18.6 Å². The van der Waals surface area contributed by atoms with E-state index in [9.17, 15) is 0 Å². The number of aromatic nitrogens is 2. The normalized spacial score (nSPS) is 23.8. The van der Waals surface area contributed by atoms with Crippen molar-refractivity contribution in [3.05, 3.63) is 18.6 Å². The molecule has 0 spiro atoms. The van der Waals surface area contributed by atoms with Gasteiger partial charge in [-0.2, -0.15) is 0 Å². The van der Waals surface area contributed by atoms with Crippen molar-refractivity contribution in [2.45, 2.75) is 44.2 Å². The summed E-state index contributed by atoms with van der Waals surface area (Å²) in [6, 6.07) is 0.629. The molecule has 1 aliphatic carbocycles. The quantitative estimate of drug-likeness (QED) is 0.606. The summed E-state index contributed by atoms with van der Waals surface area (Å²) in [5.74, 6) is 0.838. The van der Waals surface area contributed by atoms with Gasteiger partial charge in [-0.1, -0.05) is 0 Å². The molecule has 2 N–H and O–H groups in total. The number of hydrogen-bond acceptors (Lipinski definition) is 5. The number of hydrogen-bond donors (Lipinski definition) is 2. The zero-order valence-electron chi connectivity index (χ0n) is 11.6. The van der Waals surface area contributed by atoms with Gasteiger partial charge in [0, 0.05) is 38.6 Å². The van der Waals surface area contributed by atoms with Crippen molar-refractivity contribution < 1.29 is 4.74 Å². The predicted octanol–water partition coefficient (Wildman–Crippen LogP) is 1.83. The second-order valence-corrected chi connectivity index (χ2v) is 5.03. The summed E-state index contributed by atoms with van der Waals surface area (Å²) in [5.41, 5.74) is 0. The van der Waals surface area contributed by atoms with Gasteiger partial charge in [-0.05, 0) is 32.1 Å².